The van der Waals surface area contributed by atoms with Crippen LogP contribution in [0.2, 0.25) is 0 Å². The third-order valence-electron chi connectivity index (χ3n) is 8.25. The van der Waals surface area contributed by atoms with Crippen molar-refractivity contribution in [3.05, 3.63) is 156 Å². The topological polar surface area (TPSA) is 61.8 Å². The molecule has 0 saturated carbocycles. The maximum Gasteiger partial charge on any atom is 0.338 e. The Morgan fingerprint density at radius 2 is 1.07 bits per heavy atom. The van der Waals surface area contributed by atoms with Crippen LogP contribution in [0, 0.1) is 0 Å². The Kier molecular flexibility index (Phi) is 7.22. The number of carbonyl (C=O) groups excluding carboxylic acids is 2. The summed E-state index contributed by atoms with van der Waals surface area (Å²) in [7, 11) is 0. The lowest BCUT2D eigenvalue weighted by Crippen LogP contribution is -2.13. The predicted octanol–water partition coefficient (Wildman–Crippen LogP) is 9.91. The molecule has 0 spiro atoms. The minimum absolute atomic E-state index is 0.191. The molecule has 1 aliphatic rings. The lowest BCUT2D eigenvalue weighted by Gasteiger charge is -2.31. The van der Waals surface area contributed by atoms with Crippen molar-refractivity contribution in [2.24, 2.45) is 0 Å². The zero-order chi connectivity index (χ0) is 31.9. The molecule has 0 bridgehead atoms. The van der Waals surface area contributed by atoms with Gasteiger partial charge >= 0.3 is 11.9 Å². The Morgan fingerprint density at radius 1 is 0.587 bits per heavy atom. The highest BCUT2D eigenvalue weighted by molar-refractivity contribution is 5.97. The molecule has 0 saturated heterocycles. The number of ether oxygens (including phenoxy) is 3. The van der Waals surface area contributed by atoms with Gasteiger partial charge in [-0.05, 0) is 88.5 Å². The highest BCUT2D eigenvalue weighted by atomic mass is 16.5. The fourth-order valence-corrected chi connectivity index (χ4v) is 6.01. The first-order valence-corrected chi connectivity index (χ1v) is 15.0. The number of hydrogen-bond acceptors (Lipinski definition) is 5. The summed E-state index contributed by atoms with van der Waals surface area (Å²) >= 11 is 0. The number of hydrogen-bond donors (Lipinski definition) is 0. The Balaban J connectivity index is 1.41. The molecule has 5 nitrogen and oxygen atoms in total. The molecular formula is C41H30O5. The quantitative estimate of drug-likeness (QED) is 0.108. The van der Waals surface area contributed by atoms with E-state index in [9.17, 15) is 9.59 Å². The van der Waals surface area contributed by atoms with Crippen LogP contribution in [0.3, 0.4) is 0 Å². The molecule has 0 aliphatic carbocycles. The van der Waals surface area contributed by atoms with Crippen molar-refractivity contribution in [1.82, 2.24) is 0 Å². The first kappa shape index (κ1) is 28.8. The number of esters is 2. The molecule has 6 aromatic rings. The minimum atomic E-state index is -0.467. The van der Waals surface area contributed by atoms with E-state index < -0.39 is 11.9 Å². The van der Waals surface area contributed by atoms with Crippen molar-refractivity contribution in [3.63, 3.8) is 0 Å². The standard InChI is InChI=1S/C41H30O5/c1-24(2)40(42)44-31-16-18-33-29(22-31)14-20-35-38(33)37(28-12-10-27(11-13-28)26-8-6-5-7-9-26)39-34-19-17-32(45-41(43)25(3)4)23-30(34)15-21-36(39)46-35/h5-23,37H,1,3H2,2,4H3. The van der Waals surface area contributed by atoms with Crippen LogP contribution >= 0.6 is 0 Å². The molecule has 1 aliphatic heterocycles. The van der Waals surface area contributed by atoms with Gasteiger partial charge in [0.1, 0.15) is 23.0 Å². The van der Waals surface area contributed by atoms with E-state index in [2.05, 4.69) is 49.6 Å². The zero-order valence-electron chi connectivity index (χ0n) is 25.5. The Labute approximate surface area is 267 Å². The zero-order valence-corrected chi connectivity index (χ0v) is 25.5. The van der Waals surface area contributed by atoms with Crippen LogP contribution in [0.15, 0.2) is 140 Å². The highest BCUT2D eigenvalue weighted by Gasteiger charge is 2.32. The van der Waals surface area contributed by atoms with Gasteiger partial charge in [0, 0.05) is 28.2 Å². The Hall–Kier alpha value is -5.94. The van der Waals surface area contributed by atoms with Crippen LogP contribution in [-0.2, 0) is 9.59 Å². The van der Waals surface area contributed by atoms with Crippen molar-refractivity contribution in [2.75, 3.05) is 0 Å². The maximum absolute atomic E-state index is 12.3. The SMILES string of the molecule is C=C(C)C(=O)Oc1ccc2c3c(ccc2c1)Oc1ccc2cc(OC(=O)C(=C)C)ccc2c1C3c1ccc(-c2ccccc2)cc1. The molecule has 0 aromatic heterocycles. The molecule has 46 heavy (non-hydrogen) atoms. The van der Waals surface area contributed by atoms with Gasteiger partial charge in [-0.1, -0.05) is 92.0 Å². The molecule has 5 heteroatoms. The summed E-state index contributed by atoms with van der Waals surface area (Å²) in [4.78, 5) is 24.5. The normalized spacial score (nSPS) is 12.1. The van der Waals surface area contributed by atoms with E-state index in [1.165, 1.54) is 0 Å². The van der Waals surface area contributed by atoms with Crippen LogP contribution in [0.25, 0.3) is 32.7 Å². The average Bonchev–Trinajstić information content (AvgIpc) is 3.07. The number of benzene rings is 6. The van der Waals surface area contributed by atoms with E-state index in [0.29, 0.717) is 22.6 Å². The summed E-state index contributed by atoms with van der Waals surface area (Å²) in [5.41, 5.74) is 6.06. The van der Waals surface area contributed by atoms with Crippen LogP contribution in [0.1, 0.15) is 36.5 Å². The second kappa shape index (κ2) is 11.5. The lowest BCUT2D eigenvalue weighted by molar-refractivity contribution is -0.130. The number of rotatable bonds is 6. The molecule has 1 heterocycles. The van der Waals surface area contributed by atoms with E-state index in [0.717, 1.165) is 60.9 Å². The van der Waals surface area contributed by atoms with Gasteiger partial charge in [-0.25, -0.2) is 9.59 Å². The van der Waals surface area contributed by atoms with Gasteiger partial charge in [0.05, 0.1) is 0 Å². The second-order valence-corrected chi connectivity index (χ2v) is 11.6. The molecule has 0 amide bonds. The van der Waals surface area contributed by atoms with Gasteiger partial charge in [-0.2, -0.15) is 0 Å². The Bertz CT molecular complexity index is 2090. The van der Waals surface area contributed by atoms with Gasteiger partial charge in [-0.3, -0.25) is 0 Å². The van der Waals surface area contributed by atoms with E-state index >= 15 is 0 Å². The fourth-order valence-electron chi connectivity index (χ4n) is 6.01. The summed E-state index contributed by atoms with van der Waals surface area (Å²) in [5.74, 6) is 1.29. The van der Waals surface area contributed by atoms with E-state index in [4.69, 9.17) is 14.2 Å². The van der Waals surface area contributed by atoms with Crippen LogP contribution in [0.4, 0.5) is 0 Å². The molecule has 0 atom stereocenters. The van der Waals surface area contributed by atoms with Gasteiger partial charge in [0.2, 0.25) is 0 Å². The second-order valence-electron chi connectivity index (χ2n) is 11.6. The van der Waals surface area contributed by atoms with Gasteiger partial charge in [-0.15, -0.1) is 0 Å². The minimum Gasteiger partial charge on any atom is -0.457 e. The van der Waals surface area contributed by atoms with Gasteiger partial charge in [0.25, 0.3) is 0 Å². The largest absolute Gasteiger partial charge is 0.457 e. The Morgan fingerprint density at radius 3 is 1.54 bits per heavy atom. The lowest BCUT2D eigenvalue weighted by atomic mass is 9.78. The fraction of sp³-hybridized carbons (Fsp3) is 0.0732. The van der Waals surface area contributed by atoms with Crippen molar-refractivity contribution < 1.29 is 23.8 Å². The summed E-state index contributed by atoms with van der Waals surface area (Å²) in [6.45, 7) is 10.6. The third kappa shape index (κ3) is 5.22. The number of fused-ring (bicyclic) bond motifs is 6. The van der Waals surface area contributed by atoms with E-state index in [1.807, 2.05) is 66.7 Å². The molecule has 0 fully saturated rings. The molecule has 0 radical (unpaired) electrons. The molecule has 7 rings (SSSR count). The molecule has 0 N–H and O–H groups in total. The summed E-state index contributed by atoms with van der Waals surface area (Å²) in [6.07, 6.45) is 0. The smallest absolute Gasteiger partial charge is 0.338 e. The first-order valence-electron chi connectivity index (χ1n) is 15.0. The monoisotopic (exact) mass is 602 g/mol. The van der Waals surface area contributed by atoms with Gasteiger partial charge < -0.3 is 14.2 Å². The van der Waals surface area contributed by atoms with Crippen molar-refractivity contribution >= 4 is 33.5 Å². The van der Waals surface area contributed by atoms with Crippen LogP contribution < -0.4 is 14.2 Å². The van der Waals surface area contributed by atoms with Crippen molar-refractivity contribution in [3.8, 4) is 34.1 Å². The van der Waals surface area contributed by atoms with Gasteiger partial charge in [0.15, 0.2) is 0 Å². The average molecular weight is 603 g/mol. The summed E-state index contributed by atoms with van der Waals surface area (Å²) in [6, 6.07) is 38.2. The van der Waals surface area contributed by atoms with Crippen LogP contribution in [-0.4, -0.2) is 11.9 Å². The maximum atomic E-state index is 12.3. The third-order valence-corrected chi connectivity index (χ3v) is 8.25. The predicted molar refractivity (Wildman–Crippen MR) is 182 cm³/mol. The molecule has 6 aromatic carbocycles. The number of carbonyl (C=O) groups is 2. The molecular weight excluding hydrogens is 572 g/mol. The summed E-state index contributed by atoms with van der Waals surface area (Å²) < 4.78 is 17.7. The van der Waals surface area contributed by atoms with Crippen molar-refractivity contribution in [2.45, 2.75) is 19.8 Å². The van der Waals surface area contributed by atoms with E-state index in [-0.39, 0.29) is 5.92 Å². The van der Waals surface area contributed by atoms with Crippen molar-refractivity contribution in [1.29, 1.82) is 0 Å². The molecule has 224 valence electrons. The van der Waals surface area contributed by atoms with E-state index in [1.54, 1.807) is 26.0 Å². The molecule has 0 unspecified atom stereocenters. The highest BCUT2D eigenvalue weighted by Crippen LogP contribution is 2.52. The van der Waals surface area contributed by atoms with Crippen LogP contribution in [0.5, 0.6) is 23.0 Å². The first-order chi connectivity index (χ1) is 22.3. The summed E-state index contributed by atoms with van der Waals surface area (Å²) in [5, 5.41) is 3.80.